The highest BCUT2D eigenvalue weighted by Crippen LogP contribution is 2.41. The van der Waals surface area contributed by atoms with Gasteiger partial charge in [0, 0.05) is 6.54 Å². The highest BCUT2D eigenvalue weighted by Gasteiger charge is 2.38. The van der Waals surface area contributed by atoms with E-state index in [9.17, 15) is 8.78 Å². The Morgan fingerprint density at radius 1 is 1.20 bits per heavy atom. The fourth-order valence-corrected chi connectivity index (χ4v) is 2.03. The molecule has 0 aromatic rings. The van der Waals surface area contributed by atoms with Crippen molar-refractivity contribution in [3.8, 4) is 0 Å². The number of rotatable bonds is 4. The maximum atomic E-state index is 12.1. The first kappa shape index (κ1) is 12.8. The monoisotopic (exact) mass is 221 g/mol. The molecule has 0 radical (unpaired) electrons. The minimum absolute atomic E-state index is 0.298. The summed E-state index contributed by atoms with van der Waals surface area (Å²) >= 11 is 0. The summed E-state index contributed by atoms with van der Waals surface area (Å²) in [5.41, 5.74) is 5.45. The summed E-state index contributed by atoms with van der Waals surface area (Å²) in [6.07, 6.45) is 1.18. The van der Waals surface area contributed by atoms with Crippen molar-refractivity contribution in [2.75, 3.05) is 13.2 Å². The Kier molecular flexibility index (Phi) is 4.06. The fourth-order valence-electron chi connectivity index (χ4n) is 2.03. The largest absolute Gasteiger partial charge is 0.368 e. The summed E-state index contributed by atoms with van der Waals surface area (Å²) in [7, 11) is 0. The minimum Gasteiger partial charge on any atom is -0.368 e. The van der Waals surface area contributed by atoms with Crippen molar-refractivity contribution in [3.63, 3.8) is 0 Å². The number of hydrogen-bond donors (Lipinski definition) is 1. The molecular formula is C11H21F2NO. The van der Waals surface area contributed by atoms with Crippen LogP contribution < -0.4 is 5.73 Å². The Bertz CT molecular complexity index is 191. The zero-order valence-corrected chi connectivity index (χ0v) is 9.56. The molecule has 1 aliphatic rings. The summed E-state index contributed by atoms with van der Waals surface area (Å²) in [5.74, 6) is 0. The predicted octanol–water partition coefficient (Wildman–Crippen LogP) is 2.57. The average Bonchev–Trinajstić information content (AvgIpc) is 2.17. The number of hydrogen-bond acceptors (Lipinski definition) is 2. The topological polar surface area (TPSA) is 35.2 Å². The van der Waals surface area contributed by atoms with Gasteiger partial charge >= 0.3 is 0 Å². The van der Waals surface area contributed by atoms with Gasteiger partial charge in [-0.2, -0.15) is 0 Å². The zero-order chi connectivity index (χ0) is 11.5. The van der Waals surface area contributed by atoms with E-state index in [1.165, 1.54) is 0 Å². The summed E-state index contributed by atoms with van der Waals surface area (Å²) < 4.78 is 29.5. The molecule has 0 aromatic carbocycles. The molecule has 0 atom stereocenters. The second-order valence-corrected chi connectivity index (χ2v) is 5.25. The first-order valence-electron chi connectivity index (χ1n) is 5.51. The van der Waals surface area contributed by atoms with E-state index in [1.54, 1.807) is 0 Å². The van der Waals surface area contributed by atoms with Gasteiger partial charge in [0.05, 0.1) is 5.60 Å². The lowest BCUT2D eigenvalue weighted by molar-refractivity contribution is -0.113. The van der Waals surface area contributed by atoms with E-state index in [-0.39, 0.29) is 0 Å². The third-order valence-electron chi connectivity index (χ3n) is 3.40. The maximum absolute atomic E-state index is 12.1. The summed E-state index contributed by atoms with van der Waals surface area (Å²) in [6.45, 7) is 4.24. The van der Waals surface area contributed by atoms with E-state index in [4.69, 9.17) is 10.5 Å². The summed E-state index contributed by atoms with van der Waals surface area (Å²) in [4.78, 5) is 0. The second kappa shape index (κ2) is 4.74. The molecule has 1 fully saturated rings. The van der Waals surface area contributed by atoms with Crippen LogP contribution in [-0.2, 0) is 4.74 Å². The van der Waals surface area contributed by atoms with Crippen LogP contribution in [0.3, 0.4) is 0 Å². The number of nitrogens with two attached hydrogens (primary N) is 1. The molecule has 0 amide bonds. The quantitative estimate of drug-likeness (QED) is 0.791. The zero-order valence-electron chi connectivity index (χ0n) is 9.56. The molecule has 90 valence electrons. The van der Waals surface area contributed by atoms with Gasteiger partial charge in [0.2, 0.25) is 0 Å². The first-order chi connectivity index (χ1) is 6.89. The van der Waals surface area contributed by atoms with Crippen molar-refractivity contribution in [1.82, 2.24) is 0 Å². The van der Waals surface area contributed by atoms with Gasteiger partial charge in [-0.25, -0.2) is 8.78 Å². The smallest absolute Gasteiger partial charge is 0.261 e. The van der Waals surface area contributed by atoms with E-state index in [2.05, 4.69) is 13.8 Å². The molecule has 0 saturated heterocycles. The normalized spacial score (nSPS) is 24.4. The third-order valence-corrected chi connectivity index (χ3v) is 3.40. The highest BCUT2D eigenvalue weighted by atomic mass is 19.3. The summed E-state index contributed by atoms with van der Waals surface area (Å²) in [6, 6.07) is 0. The van der Waals surface area contributed by atoms with Gasteiger partial charge in [-0.05, 0) is 31.1 Å². The molecule has 0 aliphatic heterocycles. The van der Waals surface area contributed by atoms with Crippen molar-refractivity contribution in [1.29, 1.82) is 0 Å². The second-order valence-electron chi connectivity index (χ2n) is 5.25. The van der Waals surface area contributed by atoms with Crippen LogP contribution >= 0.6 is 0 Å². The van der Waals surface area contributed by atoms with Gasteiger partial charge < -0.3 is 10.5 Å². The number of alkyl halides is 2. The van der Waals surface area contributed by atoms with Gasteiger partial charge in [-0.3, -0.25) is 0 Å². The molecule has 1 rings (SSSR count). The lowest BCUT2D eigenvalue weighted by Gasteiger charge is -2.42. The van der Waals surface area contributed by atoms with Crippen LogP contribution in [0.2, 0.25) is 0 Å². The van der Waals surface area contributed by atoms with Gasteiger partial charge in [0.25, 0.3) is 6.43 Å². The van der Waals surface area contributed by atoms with Gasteiger partial charge in [0.1, 0.15) is 6.61 Å². The lowest BCUT2D eigenvalue weighted by atomic mass is 9.71. The van der Waals surface area contributed by atoms with Crippen molar-refractivity contribution in [2.45, 2.75) is 51.6 Å². The molecule has 0 spiro atoms. The van der Waals surface area contributed by atoms with E-state index >= 15 is 0 Å². The lowest BCUT2D eigenvalue weighted by Crippen LogP contribution is -2.46. The van der Waals surface area contributed by atoms with E-state index in [0.717, 1.165) is 25.7 Å². The molecule has 0 heterocycles. The fraction of sp³-hybridized carbons (Fsp3) is 1.00. The molecule has 4 heteroatoms. The van der Waals surface area contributed by atoms with Crippen LogP contribution in [0.1, 0.15) is 39.5 Å². The molecule has 0 bridgehead atoms. The predicted molar refractivity (Wildman–Crippen MR) is 56.0 cm³/mol. The molecule has 0 aromatic heterocycles. The van der Waals surface area contributed by atoms with Crippen LogP contribution in [0.15, 0.2) is 0 Å². The van der Waals surface area contributed by atoms with Crippen LogP contribution in [-0.4, -0.2) is 25.2 Å². The van der Waals surface area contributed by atoms with Crippen molar-refractivity contribution in [3.05, 3.63) is 0 Å². The van der Waals surface area contributed by atoms with Crippen LogP contribution in [0, 0.1) is 5.41 Å². The Morgan fingerprint density at radius 2 is 1.73 bits per heavy atom. The third kappa shape index (κ3) is 3.68. The van der Waals surface area contributed by atoms with Crippen LogP contribution in [0.5, 0.6) is 0 Å². The van der Waals surface area contributed by atoms with E-state index < -0.39 is 18.6 Å². The maximum Gasteiger partial charge on any atom is 0.261 e. The van der Waals surface area contributed by atoms with Crippen molar-refractivity contribution >= 4 is 0 Å². The van der Waals surface area contributed by atoms with Gasteiger partial charge in [-0.1, -0.05) is 13.8 Å². The molecule has 1 saturated carbocycles. The average molecular weight is 221 g/mol. The molecule has 15 heavy (non-hydrogen) atoms. The Hall–Kier alpha value is -0.220. The van der Waals surface area contributed by atoms with Gasteiger partial charge in [0.15, 0.2) is 0 Å². The van der Waals surface area contributed by atoms with E-state index in [0.29, 0.717) is 12.0 Å². The SMILES string of the molecule is CC1(C)CCC(CN)(OCC(F)F)CC1. The van der Waals surface area contributed by atoms with Crippen molar-refractivity contribution in [2.24, 2.45) is 11.1 Å². The molecule has 0 unspecified atom stereocenters. The molecule has 1 aliphatic carbocycles. The van der Waals surface area contributed by atoms with Crippen molar-refractivity contribution < 1.29 is 13.5 Å². The highest BCUT2D eigenvalue weighted by molar-refractivity contribution is 4.91. The van der Waals surface area contributed by atoms with Crippen LogP contribution in [0.25, 0.3) is 0 Å². The molecule has 2 nitrogen and oxygen atoms in total. The standard InChI is InChI=1S/C11H21F2NO/c1-10(2)3-5-11(8-14,6-4-10)15-7-9(12)13/h9H,3-8,14H2,1-2H3. The summed E-state index contributed by atoms with van der Waals surface area (Å²) in [5, 5.41) is 0. The van der Waals surface area contributed by atoms with Crippen LogP contribution in [0.4, 0.5) is 8.78 Å². The number of halogens is 2. The first-order valence-corrected chi connectivity index (χ1v) is 5.51. The van der Waals surface area contributed by atoms with Gasteiger partial charge in [-0.15, -0.1) is 0 Å². The Morgan fingerprint density at radius 3 is 2.13 bits per heavy atom. The van der Waals surface area contributed by atoms with E-state index in [1.807, 2.05) is 0 Å². The minimum atomic E-state index is -2.40. The number of ether oxygens (including phenoxy) is 1. The Balaban J connectivity index is 2.49. The Labute approximate surface area is 90.2 Å². The molecular weight excluding hydrogens is 200 g/mol. The molecule has 2 N–H and O–H groups in total.